The maximum absolute atomic E-state index is 12.9. The number of hydrogen-bond acceptors (Lipinski definition) is 5. The maximum Gasteiger partial charge on any atom is 0.257 e. The van der Waals surface area contributed by atoms with Crippen LogP contribution in [0.3, 0.4) is 0 Å². The summed E-state index contributed by atoms with van der Waals surface area (Å²) in [5.74, 6) is 0.531. The van der Waals surface area contributed by atoms with E-state index in [2.05, 4.69) is 5.32 Å². The minimum atomic E-state index is -0.370. The second-order valence-electron chi connectivity index (χ2n) is 5.87. The summed E-state index contributed by atoms with van der Waals surface area (Å²) in [6.45, 7) is 2.64. The zero-order valence-corrected chi connectivity index (χ0v) is 14.6. The topological polar surface area (TPSA) is 71.0 Å². The zero-order valence-electron chi connectivity index (χ0n) is 14.6. The molecule has 6 nitrogen and oxygen atoms in total. The van der Waals surface area contributed by atoms with E-state index in [1.807, 2.05) is 31.2 Å². The Kier molecular flexibility index (Phi) is 4.70. The summed E-state index contributed by atoms with van der Waals surface area (Å²) in [4.78, 5) is 14.7. The fourth-order valence-electron chi connectivity index (χ4n) is 3.10. The number of ether oxygens (including phenoxy) is 2. The molecule has 132 valence electrons. The second-order valence-corrected chi connectivity index (χ2v) is 5.87. The van der Waals surface area contributed by atoms with Gasteiger partial charge >= 0.3 is 0 Å². The molecule has 1 amide bonds. The van der Waals surface area contributed by atoms with E-state index in [4.69, 9.17) is 9.47 Å². The molecule has 1 heterocycles. The average molecular weight is 342 g/mol. The molecule has 2 aromatic rings. The predicted molar refractivity (Wildman–Crippen MR) is 95.3 cm³/mol. The number of aromatic hydroxyl groups is 1. The third kappa shape index (κ3) is 2.95. The van der Waals surface area contributed by atoms with Crippen molar-refractivity contribution in [2.24, 2.45) is 0 Å². The highest BCUT2D eigenvalue weighted by Gasteiger charge is 2.33. The van der Waals surface area contributed by atoms with Crippen molar-refractivity contribution in [2.45, 2.75) is 19.5 Å². The van der Waals surface area contributed by atoms with Gasteiger partial charge in [0, 0.05) is 17.8 Å². The smallest absolute Gasteiger partial charge is 0.257 e. The Morgan fingerprint density at radius 3 is 2.40 bits per heavy atom. The van der Waals surface area contributed by atoms with Gasteiger partial charge in [0.1, 0.15) is 6.17 Å². The highest BCUT2D eigenvalue weighted by Crippen LogP contribution is 2.41. The van der Waals surface area contributed by atoms with Gasteiger partial charge in [-0.3, -0.25) is 4.79 Å². The number of methoxy groups -OCH3 is 2. The summed E-state index contributed by atoms with van der Waals surface area (Å²) in [5.41, 5.74) is 2.23. The quantitative estimate of drug-likeness (QED) is 0.871. The van der Waals surface area contributed by atoms with Gasteiger partial charge in [-0.1, -0.05) is 19.1 Å². The number of anilines is 1. The van der Waals surface area contributed by atoms with Gasteiger partial charge in [0.05, 0.1) is 19.8 Å². The first-order valence-electron chi connectivity index (χ1n) is 8.22. The molecule has 1 atom stereocenters. The molecular formula is C19H22N2O4. The molecule has 0 unspecified atom stereocenters. The first kappa shape index (κ1) is 17.0. The molecule has 0 spiro atoms. The minimum absolute atomic E-state index is 0.0211. The Labute approximate surface area is 147 Å². The number of benzene rings is 2. The van der Waals surface area contributed by atoms with Crippen molar-refractivity contribution < 1.29 is 19.4 Å². The van der Waals surface area contributed by atoms with Crippen LogP contribution in [0, 0.1) is 0 Å². The molecule has 2 N–H and O–H groups in total. The summed E-state index contributed by atoms with van der Waals surface area (Å²) in [5, 5.41) is 13.6. The molecule has 0 fully saturated rings. The summed E-state index contributed by atoms with van der Waals surface area (Å²) in [6, 6.07) is 10.9. The van der Waals surface area contributed by atoms with Crippen LogP contribution in [0.5, 0.6) is 17.2 Å². The lowest BCUT2D eigenvalue weighted by atomic mass is 10.0. The number of carbonyl (C=O) groups excluding carboxylic acids is 1. The van der Waals surface area contributed by atoms with Crippen LogP contribution < -0.4 is 14.8 Å². The number of phenols is 1. The van der Waals surface area contributed by atoms with Crippen LogP contribution in [0.15, 0.2) is 36.4 Å². The number of para-hydroxylation sites is 1. The Hall–Kier alpha value is -2.89. The van der Waals surface area contributed by atoms with Gasteiger partial charge in [-0.15, -0.1) is 0 Å². The second kappa shape index (κ2) is 6.93. The molecular weight excluding hydrogens is 320 g/mol. The molecule has 0 saturated heterocycles. The van der Waals surface area contributed by atoms with Crippen LogP contribution in [-0.4, -0.2) is 36.7 Å². The van der Waals surface area contributed by atoms with Crippen LogP contribution in [0.1, 0.15) is 35.4 Å². The fraction of sp³-hybridized carbons (Fsp3) is 0.316. The number of nitrogens with zero attached hydrogens (tertiary/aromatic N) is 1. The molecule has 1 aliphatic heterocycles. The highest BCUT2D eigenvalue weighted by molar-refractivity contribution is 6.01. The minimum Gasteiger partial charge on any atom is -0.502 e. The fourth-order valence-corrected chi connectivity index (χ4v) is 3.10. The van der Waals surface area contributed by atoms with E-state index >= 15 is 0 Å². The zero-order chi connectivity index (χ0) is 18.0. The van der Waals surface area contributed by atoms with Crippen LogP contribution >= 0.6 is 0 Å². The first-order chi connectivity index (χ1) is 12.1. The van der Waals surface area contributed by atoms with Crippen molar-refractivity contribution in [3.05, 3.63) is 47.5 Å². The van der Waals surface area contributed by atoms with E-state index in [0.717, 1.165) is 17.7 Å². The summed E-state index contributed by atoms with van der Waals surface area (Å²) < 4.78 is 10.5. The SMILES string of the molecule is CCCN1C(=O)c2ccccc2N[C@H]1c1cc(OC)c(O)c(OC)c1. The molecule has 0 bridgehead atoms. The summed E-state index contributed by atoms with van der Waals surface area (Å²) in [6.07, 6.45) is 0.462. The Bertz CT molecular complexity index is 766. The first-order valence-corrected chi connectivity index (χ1v) is 8.22. The number of nitrogens with one attached hydrogen (secondary N) is 1. The third-order valence-corrected chi connectivity index (χ3v) is 4.30. The van der Waals surface area contributed by atoms with Crippen molar-refractivity contribution in [2.75, 3.05) is 26.1 Å². The number of amides is 1. The van der Waals surface area contributed by atoms with Crippen molar-refractivity contribution >= 4 is 11.6 Å². The molecule has 0 aromatic heterocycles. The Morgan fingerprint density at radius 2 is 1.80 bits per heavy atom. The van der Waals surface area contributed by atoms with E-state index in [1.54, 1.807) is 17.0 Å². The van der Waals surface area contributed by atoms with Crippen LogP contribution in [0.25, 0.3) is 0 Å². The third-order valence-electron chi connectivity index (χ3n) is 4.30. The van der Waals surface area contributed by atoms with Crippen LogP contribution in [0.4, 0.5) is 5.69 Å². The van der Waals surface area contributed by atoms with Crippen LogP contribution in [0.2, 0.25) is 0 Å². The summed E-state index contributed by atoms with van der Waals surface area (Å²) >= 11 is 0. The number of hydrogen-bond donors (Lipinski definition) is 2. The molecule has 1 aliphatic rings. The van der Waals surface area contributed by atoms with Crippen molar-refractivity contribution in [1.82, 2.24) is 4.90 Å². The van der Waals surface area contributed by atoms with Gasteiger partial charge in [0.15, 0.2) is 11.5 Å². The van der Waals surface area contributed by atoms with E-state index < -0.39 is 0 Å². The van der Waals surface area contributed by atoms with Gasteiger partial charge in [0.25, 0.3) is 5.91 Å². The van der Waals surface area contributed by atoms with Crippen LogP contribution in [-0.2, 0) is 0 Å². The van der Waals surface area contributed by atoms with E-state index in [-0.39, 0.29) is 17.8 Å². The largest absolute Gasteiger partial charge is 0.502 e. The van der Waals surface area contributed by atoms with Gasteiger partial charge < -0.3 is 24.8 Å². The van der Waals surface area contributed by atoms with E-state index in [0.29, 0.717) is 23.6 Å². The monoisotopic (exact) mass is 342 g/mol. The molecule has 0 saturated carbocycles. The number of phenolic OH excluding ortho intramolecular Hbond substituents is 1. The molecule has 2 aromatic carbocycles. The Balaban J connectivity index is 2.10. The maximum atomic E-state index is 12.9. The lowest BCUT2D eigenvalue weighted by molar-refractivity contribution is 0.0683. The normalized spacial score (nSPS) is 16.2. The van der Waals surface area contributed by atoms with Gasteiger partial charge in [0.2, 0.25) is 5.75 Å². The van der Waals surface area contributed by atoms with Crippen molar-refractivity contribution in [3.8, 4) is 17.2 Å². The average Bonchev–Trinajstić information content (AvgIpc) is 2.64. The highest BCUT2D eigenvalue weighted by atomic mass is 16.5. The van der Waals surface area contributed by atoms with E-state index in [9.17, 15) is 9.90 Å². The molecule has 3 rings (SSSR count). The molecule has 0 aliphatic carbocycles. The molecule has 0 radical (unpaired) electrons. The number of rotatable bonds is 5. The lowest BCUT2D eigenvalue weighted by Crippen LogP contribution is -2.43. The Morgan fingerprint density at radius 1 is 1.16 bits per heavy atom. The number of carbonyl (C=O) groups is 1. The van der Waals surface area contributed by atoms with E-state index in [1.165, 1.54) is 14.2 Å². The molecule has 6 heteroatoms. The van der Waals surface area contributed by atoms with Crippen molar-refractivity contribution in [1.29, 1.82) is 0 Å². The standard InChI is InChI=1S/C19H22N2O4/c1-4-9-21-18(20-14-8-6-5-7-13(14)19(21)23)12-10-15(24-2)17(22)16(11-12)25-3/h5-8,10-11,18,20,22H,4,9H2,1-3H3/t18-/m1/s1. The van der Waals surface area contributed by atoms with Crippen molar-refractivity contribution in [3.63, 3.8) is 0 Å². The molecule has 25 heavy (non-hydrogen) atoms. The lowest BCUT2D eigenvalue weighted by Gasteiger charge is -2.38. The predicted octanol–water partition coefficient (Wildman–Crippen LogP) is 3.39. The van der Waals surface area contributed by atoms with Gasteiger partial charge in [-0.2, -0.15) is 0 Å². The van der Waals surface area contributed by atoms with Gasteiger partial charge in [-0.25, -0.2) is 0 Å². The number of fused-ring (bicyclic) bond motifs is 1. The van der Waals surface area contributed by atoms with Gasteiger partial charge in [-0.05, 0) is 30.7 Å². The summed E-state index contributed by atoms with van der Waals surface area (Å²) in [7, 11) is 2.97.